The summed E-state index contributed by atoms with van der Waals surface area (Å²) in [6.07, 6.45) is 0. The van der Waals surface area contributed by atoms with Crippen molar-refractivity contribution >= 4 is 43.8 Å². The zero-order chi connectivity index (χ0) is 13.6. The fraction of sp³-hybridized carbons (Fsp3) is 0.818. The summed E-state index contributed by atoms with van der Waals surface area (Å²) in [5.41, 5.74) is -1.37. The van der Waals surface area contributed by atoms with Gasteiger partial charge in [0, 0.05) is 9.65 Å². The number of halogens is 2. The molecule has 0 aromatic rings. The number of ether oxygens (including phenoxy) is 2. The number of esters is 2. The van der Waals surface area contributed by atoms with Crippen molar-refractivity contribution in [1.82, 2.24) is 0 Å². The predicted molar refractivity (Wildman–Crippen MR) is 72.5 cm³/mol. The van der Waals surface area contributed by atoms with Crippen molar-refractivity contribution < 1.29 is 19.1 Å². The van der Waals surface area contributed by atoms with Gasteiger partial charge in [0.2, 0.25) is 0 Å². The third kappa shape index (κ3) is 3.44. The standard InChI is InChI=1S/C11H18Br2O4/c1-5-16-9(14)11(7(3)12,8(4)13)10(15)17-6-2/h7-8H,5-6H2,1-4H3. The van der Waals surface area contributed by atoms with E-state index in [1.54, 1.807) is 27.7 Å². The number of alkyl halides is 2. The molecule has 2 unspecified atom stereocenters. The zero-order valence-corrected chi connectivity index (χ0v) is 13.6. The normalized spacial score (nSPS) is 14.9. The summed E-state index contributed by atoms with van der Waals surface area (Å²) in [6, 6.07) is 0. The first-order valence-electron chi connectivity index (χ1n) is 5.48. The van der Waals surface area contributed by atoms with Crippen LogP contribution in [0.25, 0.3) is 0 Å². The monoisotopic (exact) mass is 372 g/mol. The van der Waals surface area contributed by atoms with Crippen molar-refractivity contribution in [1.29, 1.82) is 0 Å². The molecule has 0 N–H and O–H groups in total. The Kier molecular flexibility index (Phi) is 7.32. The van der Waals surface area contributed by atoms with Gasteiger partial charge in [0.25, 0.3) is 0 Å². The van der Waals surface area contributed by atoms with Crippen LogP contribution >= 0.6 is 31.9 Å². The highest BCUT2D eigenvalue weighted by Gasteiger charge is 2.56. The molecule has 17 heavy (non-hydrogen) atoms. The van der Waals surface area contributed by atoms with Gasteiger partial charge in [0.15, 0.2) is 5.41 Å². The second-order valence-electron chi connectivity index (χ2n) is 3.54. The van der Waals surface area contributed by atoms with Crippen LogP contribution in [0.1, 0.15) is 27.7 Å². The highest BCUT2D eigenvalue weighted by molar-refractivity contribution is 9.10. The van der Waals surface area contributed by atoms with Gasteiger partial charge in [-0.1, -0.05) is 45.7 Å². The van der Waals surface area contributed by atoms with Crippen molar-refractivity contribution in [3.8, 4) is 0 Å². The third-order valence-electron chi connectivity index (χ3n) is 2.48. The molecule has 0 radical (unpaired) electrons. The Morgan fingerprint density at radius 3 is 1.47 bits per heavy atom. The van der Waals surface area contributed by atoms with E-state index < -0.39 is 27.0 Å². The molecule has 4 nitrogen and oxygen atoms in total. The average molecular weight is 374 g/mol. The fourth-order valence-electron chi connectivity index (χ4n) is 1.55. The fourth-order valence-corrected chi connectivity index (χ4v) is 3.45. The first-order valence-corrected chi connectivity index (χ1v) is 7.31. The van der Waals surface area contributed by atoms with Crippen molar-refractivity contribution in [2.75, 3.05) is 13.2 Å². The Labute approximate surface area is 119 Å². The molecule has 0 spiro atoms. The Hall–Kier alpha value is -0.100. The summed E-state index contributed by atoms with van der Waals surface area (Å²) < 4.78 is 10.00. The SMILES string of the molecule is CCOC(=O)C(C(=O)OCC)(C(C)Br)C(C)Br. The number of hydrogen-bond donors (Lipinski definition) is 0. The van der Waals surface area contributed by atoms with Gasteiger partial charge in [0.05, 0.1) is 13.2 Å². The van der Waals surface area contributed by atoms with Crippen molar-refractivity contribution in [3.05, 3.63) is 0 Å². The van der Waals surface area contributed by atoms with E-state index in [0.717, 1.165) is 0 Å². The number of hydrogen-bond acceptors (Lipinski definition) is 4. The van der Waals surface area contributed by atoms with Crippen LogP contribution in [0.4, 0.5) is 0 Å². The maximum atomic E-state index is 12.1. The molecule has 0 heterocycles. The van der Waals surface area contributed by atoms with Crippen LogP contribution in [0.5, 0.6) is 0 Å². The molecule has 6 heteroatoms. The molecular weight excluding hydrogens is 356 g/mol. The van der Waals surface area contributed by atoms with Crippen LogP contribution < -0.4 is 0 Å². The predicted octanol–water partition coefficient (Wildman–Crippen LogP) is 2.67. The van der Waals surface area contributed by atoms with Gasteiger partial charge in [-0.25, -0.2) is 0 Å². The molecule has 0 fully saturated rings. The summed E-state index contributed by atoms with van der Waals surface area (Å²) in [5.74, 6) is -1.15. The first kappa shape index (κ1) is 16.9. The van der Waals surface area contributed by atoms with E-state index in [1.807, 2.05) is 0 Å². The zero-order valence-electron chi connectivity index (χ0n) is 10.5. The lowest BCUT2D eigenvalue weighted by Gasteiger charge is -2.33. The summed E-state index contributed by atoms with van der Waals surface area (Å²) in [5, 5.41) is 0. The van der Waals surface area contributed by atoms with E-state index in [1.165, 1.54) is 0 Å². The topological polar surface area (TPSA) is 52.6 Å². The van der Waals surface area contributed by atoms with Gasteiger partial charge < -0.3 is 9.47 Å². The van der Waals surface area contributed by atoms with Gasteiger partial charge in [0.1, 0.15) is 0 Å². The second kappa shape index (κ2) is 7.36. The van der Waals surface area contributed by atoms with Gasteiger partial charge in [-0.3, -0.25) is 9.59 Å². The van der Waals surface area contributed by atoms with Gasteiger partial charge in [-0.15, -0.1) is 0 Å². The lowest BCUT2D eigenvalue weighted by molar-refractivity contribution is -0.171. The second-order valence-corrected chi connectivity index (χ2v) is 6.29. The molecule has 0 aliphatic carbocycles. The van der Waals surface area contributed by atoms with E-state index in [-0.39, 0.29) is 13.2 Å². The van der Waals surface area contributed by atoms with Crippen molar-refractivity contribution in [2.45, 2.75) is 37.3 Å². The molecular formula is C11H18Br2O4. The largest absolute Gasteiger partial charge is 0.465 e. The summed E-state index contributed by atoms with van der Waals surface area (Å²) in [7, 11) is 0. The summed E-state index contributed by atoms with van der Waals surface area (Å²) >= 11 is 6.62. The van der Waals surface area contributed by atoms with E-state index in [0.29, 0.717) is 0 Å². The molecule has 0 saturated carbocycles. The van der Waals surface area contributed by atoms with Crippen molar-refractivity contribution in [3.63, 3.8) is 0 Å². The van der Waals surface area contributed by atoms with Crippen LogP contribution in [0, 0.1) is 5.41 Å². The van der Waals surface area contributed by atoms with Crippen LogP contribution in [0.15, 0.2) is 0 Å². The van der Waals surface area contributed by atoms with E-state index in [4.69, 9.17) is 9.47 Å². The van der Waals surface area contributed by atoms with E-state index in [2.05, 4.69) is 31.9 Å². The molecule has 100 valence electrons. The summed E-state index contributed by atoms with van der Waals surface area (Å²) in [4.78, 5) is 23.4. The Bertz CT molecular complexity index is 249. The van der Waals surface area contributed by atoms with Crippen molar-refractivity contribution in [2.24, 2.45) is 5.41 Å². The highest BCUT2D eigenvalue weighted by atomic mass is 79.9. The van der Waals surface area contributed by atoms with Crippen LogP contribution in [0.2, 0.25) is 0 Å². The number of rotatable bonds is 6. The van der Waals surface area contributed by atoms with Gasteiger partial charge in [-0.2, -0.15) is 0 Å². The Morgan fingerprint density at radius 2 is 1.29 bits per heavy atom. The molecule has 0 aromatic carbocycles. The molecule has 0 rings (SSSR count). The molecule has 0 aliphatic rings. The molecule has 0 bridgehead atoms. The van der Waals surface area contributed by atoms with E-state index >= 15 is 0 Å². The summed E-state index contributed by atoms with van der Waals surface area (Å²) in [6.45, 7) is 7.30. The van der Waals surface area contributed by atoms with Gasteiger partial charge in [-0.05, 0) is 13.8 Å². The molecule has 2 atom stereocenters. The average Bonchev–Trinajstić information content (AvgIpc) is 2.17. The minimum absolute atomic E-state index is 0.222. The van der Waals surface area contributed by atoms with Gasteiger partial charge >= 0.3 is 11.9 Å². The lowest BCUT2D eigenvalue weighted by Crippen LogP contribution is -2.52. The highest BCUT2D eigenvalue weighted by Crippen LogP contribution is 2.38. The lowest BCUT2D eigenvalue weighted by atomic mass is 9.82. The number of carbonyl (C=O) groups excluding carboxylic acids is 2. The minimum atomic E-state index is -1.37. The maximum Gasteiger partial charge on any atom is 0.325 e. The molecule has 0 aromatic heterocycles. The smallest absolute Gasteiger partial charge is 0.325 e. The Morgan fingerprint density at radius 1 is 1.00 bits per heavy atom. The minimum Gasteiger partial charge on any atom is -0.465 e. The molecule has 0 aliphatic heterocycles. The third-order valence-corrected chi connectivity index (χ3v) is 3.93. The van der Waals surface area contributed by atoms with Crippen LogP contribution in [0.3, 0.4) is 0 Å². The van der Waals surface area contributed by atoms with Crippen LogP contribution in [-0.2, 0) is 19.1 Å². The first-order chi connectivity index (χ1) is 7.85. The number of carbonyl (C=O) groups is 2. The molecule has 0 saturated heterocycles. The van der Waals surface area contributed by atoms with Crippen LogP contribution in [-0.4, -0.2) is 34.8 Å². The quantitative estimate of drug-likeness (QED) is 0.408. The molecule has 0 amide bonds. The Balaban J connectivity index is 5.43. The maximum absolute atomic E-state index is 12.1. The van der Waals surface area contributed by atoms with E-state index in [9.17, 15) is 9.59 Å².